The van der Waals surface area contributed by atoms with Crippen molar-refractivity contribution in [1.29, 1.82) is 0 Å². The maximum Gasteiger partial charge on any atom is 0.305 e. The van der Waals surface area contributed by atoms with E-state index in [4.69, 9.17) is 9.47 Å². The first-order chi connectivity index (χ1) is 10.4. The molecule has 21 heavy (non-hydrogen) atoms. The lowest BCUT2D eigenvalue weighted by atomic mass is 9.97. The van der Waals surface area contributed by atoms with Crippen molar-refractivity contribution in [2.45, 2.75) is 5.79 Å². The number of benzene rings is 3. The van der Waals surface area contributed by atoms with Crippen molar-refractivity contribution in [2.24, 2.45) is 0 Å². The number of fused-ring (bicyclic) bond motifs is 1. The zero-order valence-corrected chi connectivity index (χ0v) is 11.4. The fourth-order valence-electron chi connectivity index (χ4n) is 2.67. The normalized spacial score (nSPS) is 14.9. The third-order valence-electron chi connectivity index (χ3n) is 3.66. The Morgan fingerprint density at radius 3 is 1.29 bits per heavy atom. The van der Waals surface area contributed by atoms with E-state index in [1.54, 1.807) is 0 Å². The molecule has 0 aromatic heterocycles. The molecule has 0 aliphatic carbocycles. The van der Waals surface area contributed by atoms with E-state index < -0.39 is 5.79 Å². The Hall–Kier alpha value is -2.74. The van der Waals surface area contributed by atoms with Crippen LogP contribution in [0.25, 0.3) is 0 Å². The molecule has 0 radical (unpaired) electrons. The Balaban J connectivity index is 1.90. The van der Waals surface area contributed by atoms with Gasteiger partial charge in [0.25, 0.3) is 0 Å². The van der Waals surface area contributed by atoms with Crippen LogP contribution in [0.5, 0.6) is 11.5 Å². The average Bonchev–Trinajstić information content (AvgIpc) is 2.97. The van der Waals surface area contributed by atoms with Crippen LogP contribution in [0.1, 0.15) is 11.1 Å². The van der Waals surface area contributed by atoms with E-state index in [1.807, 2.05) is 84.9 Å². The second-order valence-corrected chi connectivity index (χ2v) is 5.00. The van der Waals surface area contributed by atoms with Gasteiger partial charge >= 0.3 is 5.79 Å². The van der Waals surface area contributed by atoms with Gasteiger partial charge in [0.15, 0.2) is 11.5 Å². The Kier molecular flexibility index (Phi) is 2.68. The van der Waals surface area contributed by atoms with E-state index in [9.17, 15) is 0 Å². The molecule has 0 saturated carbocycles. The van der Waals surface area contributed by atoms with E-state index >= 15 is 0 Å². The molecule has 0 amide bonds. The van der Waals surface area contributed by atoms with E-state index in [-0.39, 0.29) is 0 Å². The third-order valence-corrected chi connectivity index (χ3v) is 3.66. The molecule has 102 valence electrons. The zero-order chi connectivity index (χ0) is 14.1. The summed E-state index contributed by atoms with van der Waals surface area (Å²) in [5, 5.41) is 0. The van der Waals surface area contributed by atoms with Gasteiger partial charge in [0.05, 0.1) is 0 Å². The van der Waals surface area contributed by atoms with Crippen LogP contribution in [-0.4, -0.2) is 0 Å². The number of hydrogen-bond donors (Lipinski definition) is 0. The molecule has 1 heterocycles. The van der Waals surface area contributed by atoms with Gasteiger partial charge in [0, 0.05) is 11.1 Å². The summed E-state index contributed by atoms with van der Waals surface area (Å²) in [6.45, 7) is 0. The monoisotopic (exact) mass is 274 g/mol. The van der Waals surface area contributed by atoms with Crippen LogP contribution < -0.4 is 9.47 Å². The predicted molar refractivity (Wildman–Crippen MR) is 81.4 cm³/mol. The fourth-order valence-corrected chi connectivity index (χ4v) is 2.67. The molecule has 3 aromatic rings. The first kappa shape index (κ1) is 12.0. The molecule has 0 N–H and O–H groups in total. The van der Waals surface area contributed by atoms with Crippen molar-refractivity contribution in [3.8, 4) is 11.5 Å². The molecular formula is C19H14O2. The van der Waals surface area contributed by atoms with Gasteiger partial charge in [-0.2, -0.15) is 0 Å². The highest BCUT2D eigenvalue weighted by atomic mass is 16.7. The minimum absolute atomic E-state index is 0.769. The first-order valence-corrected chi connectivity index (χ1v) is 6.97. The van der Waals surface area contributed by atoms with Gasteiger partial charge in [-0.15, -0.1) is 0 Å². The summed E-state index contributed by atoms with van der Waals surface area (Å²) in [5.74, 6) is 0.627. The molecular weight excluding hydrogens is 260 g/mol. The van der Waals surface area contributed by atoms with Crippen molar-refractivity contribution < 1.29 is 9.47 Å². The molecule has 0 atom stereocenters. The summed E-state index contributed by atoms with van der Waals surface area (Å²) < 4.78 is 12.5. The predicted octanol–water partition coefficient (Wildman–Crippen LogP) is 4.36. The molecule has 2 nitrogen and oxygen atoms in total. The van der Waals surface area contributed by atoms with Gasteiger partial charge in [0.2, 0.25) is 0 Å². The summed E-state index contributed by atoms with van der Waals surface area (Å²) in [4.78, 5) is 0. The minimum atomic E-state index is -0.911. The molecule has 2 heteroatoms. The smallest absolute Gasteiger partial charge is 0.305 e. The van der Waals surface area contributed by atoms with Crippen LogP contribution in [0, 0.1) is 0 Å². The SMILES string of the molecule is c1ccc(C2(c3ccccc3)Oc3ccccc3O2)cc1. The second kappa shape index (κ2) is 4.67. The molecule has 0 saturated heterocycles. The number of para-hydroxylation sites is 2. The van der Waals surface area contributed by atoms with Gasteiger partial charge < -0.3 is 9.47 Å². The zero-order valence-electron chi connectivity index (χ0n) is 11.4. The average molecular weight is 274 g/mol. The molecule has 1 aliphatic heterocycles. The molecule has 0 bridgehead atoms. The Bertz CT molecular complexity index is 684. The molecule has 0 fully saturated rings. The maximum absolute atomic E-state index is 6.24. The highest BCUT2D eigenvalue weighted by Crippen LogP contribution is 2.47. The van der Waals surface area contributed by atoms with Gasteiger partial charge in [-0.3, -0.25) is 0 Å². The molecule has 3 aromatic carbocycles. The van der Waals surface area contributed by atoms with Crippen molar-refractivity contribution in [2.75, 3.05) is 0 Å². The van der Waals surface area contributed by atoms with Gasteiger partial charge in [-0.25, -0.2) is 0 Å². The van der Waals surface area contributed by atoms with Gasteiger partial charge in [-0.05, 0) is 12.1 Å². The van der Waals surface area contributed by atoms with E-state index in [0.29, 0.717) is 0 Å². The lowest BCUT2D eigenvalue weighted by Crippen LogP contribution is -2.36. The van der Waals surface area contributed by atoms with Gasteiger partial charge in [-0.1, -0.05) is 72.8 Å². The molecule has 0 spiro atoms. The Morgan fingerprint density at radius 2 is 0.857 bits per heavy atom. The van der Waals surface area contributed by atoms with Crippen LogP contribution in [-0.2, 0) is 5.79 Å². The molecule has 4 rings (SSSR count). The van der Waals surface area contributed by atoms with Crippen LogP contribution in [0.15, 0.2) is 84.9 Å². The van der Waals surface area contributed by atoms with Gasteiger partial charge in [0.1, 0.15) is 0 Å². The van der Waals surface area contributed by atoms with Crippen molar-refractivity contribution in [3.63, 3.8) is 0 Å². The Morgan fingerprint density at radius 1 is 0.476 bits per heavy atom. The highest BCUT2D eigenvalue weighted by molar-refractivity contribution is 5.48. The quantitative estimate of drug-likeness (QED) is 0.691. The number of ether oxygens (including phenoxy) is 2. The van der Waals surface area contributed by atoms with Crippen LogP contribution in [0.4, 0.5) is 0 Å². The number of rotatable bonds is 2. The van der Waals surface area contributed by atoms with Crippen LogP contribution in [0.2, 0.25) is 0 Å². The fraction of sp³-hybridized carbons (Fsp3) is 0.0526. The largest absolute Gasteiger partial charge is 0.440 e. The van der Waals surface area contributed by atoms with Crippen molar-refractivity contribution >= 4 is 0 Å². The van der Waals surface area contributed by atoms with E-state index in [0.717, 1.165) is 22.6 Å². The van der Waals surface area contributed by atoms with Crippen LogP contribution >= 0.6 is 0 Å². The second-order valence-electron chi connectivity index (χ2n) is 5.00. The maximum atomic E-state index is 6.24. The summed E-state index contributed by atoms with van der Waals surface area (Å²) in [7, 11) is 0. The lowest BCUT2D eigenvalue weighted by molar-refractivity contribution is -0.0459. The van der Waals surface area contributed by atoms with E-state index in [2.05, 4.69) is 0 Å². The first-order valence-electron chi connectivity index (χ1n) is 6.97. The number of hydrogen-bond acceptors (Lipinski definition) is 2. The summed E-state index contributed by atoms with van der Waals surface area (Å²) in [6.07, 6.45) is 0. The summed E-state index contributed by atoms with van der Waals surface area (Å²) in [5.41, 5.74) is 1.96. The highest BCUT2D eigenvalue weighted by Gasteiger charge is 2.45. The minimum Gasteiger partial charge on any atom is -0.440 e. The van der Waals surface area contributed by atoms with E-state index in [1.165, 1.54) is 0 Å². The molecule has 0 unspecified atom stereocenters. The topological polar surface area (TPSA) is 18.5 Å². The third kappa shape index (κ3) is 1.88. The molecule has 1 aliphatic rings. The van der Waals surface area contributed by atoms with Crippen LogP contribution in [0.3, 0.4) is 0 Å². The van der Waals surface area contributed by atoms with Crippen molar-refractivity contribution in [1.82, 2.24) is 0 Å². The van der Waals surface area contributed by atoms with Crippen molar-refractivity contribution in [3.05, 3.63) is 96.1 Å². The standard InChI is InChI=1S/C19H14O2/c1-3-9-15(10-4-1)19(16-11-5-2-6-12-16)20-17-13-7-8-14-18(17)21-19/h1-14H. The summed E-state index contributed by atoms with van der Waals surface area (Å²) in [6, 6.07) is 27.8. The summed E-state index contributed by atoms with van der Waals surface area (Å²) >= 11 is 0. The lowest BCUT2D eigenvalue weighted by Gasteiger charge is -2.28. The Labute approximate surface area is 123 Å².